The third-order valence-electron chi connectivity index (χ3n) is 6.87. The minimum absolute atomic E-state index is 0.105. The predicted molar refractivity (Wildman–Crippen MR) is 100 cm³/mol. The molecule has 4 N–H and O–H groups in total. The minimum Gasteiger partial charge on any atom is -0.374 e. The van der Waals surface area contributed by atoms with E-state index in [-0.39, 0.29) is 12.4 Å². The third kappa shape index (κ3) is 4.24. The van der Waals surface area contributed by atoms with Gasteiger partial charge in [-0.25, -0.2) is 0 Å². The van der Waals surface area contributed by atoms with Gasteiger partial charge in [-0.2, -0.15) is 5.48 Å². The summed E-state index contributed by atoms with van der Waals surface area (Å²) in [6.45, 7) is 5.58. The lowest BCUT2D eigenvalue weighted by molar-refractivity contribution is -0.721. The molecule has 0 bridgehead atoms. The number of hydrogen-bond acceptors (Lipinski definition) is 6. The molecule has 4 saturated heterocycles. The lowest BCUT2D eigenvalue weighted by Gasteiger charge is -2.33. The van der Waals surface area contributed by atoms with Crippen molar-refractivity contribution in [1.29, 1.82) is 0 Å². The average molecular weight is 369 g/mol. The Bertz CT molecular complexity index is 457. The van der Waals surface area contributed by atoms with Gasteiger partial charge in [-0.1, -0.05) is 0 Å². The summed E-state index contributed by atoms with van der Waals surface area (Å²) in [7, 11) is 4.35. The van der Waals surface area contributed by atoms with Crippen molar-refractivity contribution in [3.8, 4) is 0 Å². The number of likely N-dealkylation sites (tertiary alicyclic amines) is 1. The Labute approximate surface area is 158 Å². The highest BCUT2D eigenvalue weighted by Crippen LogP contribution is 2.28. The van der Waals surface area contributed by atoms with Crippen molar-refractivity contribution in [3.63, 3.8) is 0 Å². The molecule has 7 heteroatoms. The summed E-state index contributed by atoms with van der Waals surface area (Å²) in [6.07, 6.45) is 9.24. The van der Waals surface area contributed by atoms with Crippen LogP contribution < -0.4 is 16.1 Å². The van der Waals surface area contributed by atoms with Crippen LogP contribution in [0.5, 0.6) is 0 Å². The topological polar surface area (TPSA) is 65.6 Å². The van der Waals surface area contributed by atoms with Crippen LogP contribution in [0.4, 0.5) is 0 Å². The fourth-order valence-electron chi connectivity index (χ4n) is 5.24. The minimum atomic E-state index is 0.105. The molecule has 4 heterocycles. The summed E-state index contributed by atoms with van der Waals surface area (Å²) in [5, 5.41) is 6.24. The Morgan fingerprint density at radius 1 is 1.15 bits per heavy atom. The lowest BCUT2D eigenvalue weighted by Crippen LogP contribution is -2.96. The van der Waals surface area contributed by atoms with Gasteiger partial charge >= 0.3 is 0 Å². The Hall–Kier alpha value is -0.280. The van der Waals surface area contributed by atoms with Gasteiger partial charge < -0.3 is 10.1 Å². The molecule has 0 aromatic rings. The maximum atomic E-state index is 6.05. The van der Waals surface area contributed by atoms with Crippen molar-refractivity contribution in [2.45, 2.75) is 82.3 Å². The van der Waals surface area contributed by atoms with E-state index in [1.165, 1.54) is 45.1 Å². The first-order valence-electron chi connectivity index (χ1n) is 10.7. The summed E-state index contributed by atoms with van der Waals surface area (Å²) in [4.78, 5) is 10.9. The monoisotopic (exact) mass is 368 g/mol. The van der Waals surface area contributed by atoms with E-state index in [4.69, 9.17) is 9.57 Å². The van der Waals surface area contributed by atoms with E-state index in [2.05, 4.69) is 46.9 Å². The summed E-state index contributed by atoms with van der Waals surface area (Å²) < 4.78 is 6.05. The van der Waals surface area contributed by atoms with E-state index in [0.29, 0.717) is 30.3 Å². The van der Waals surface area contributed by atoms with Crippen molar-refractivity contribution in [3.05, 3.63) is 0 Å². The number of nitrogens with zero attached hydrogens (tertiary/aromatic N) is 2. The number of nitrogens with two attached hydrogens (primary N) is 1. The van der Waals surface area contributed by atoms with Crippen molar-refractivity contribution < 1.29 is 14.9 Å². The van der Waals surface area contributed by atoms with Crippen molar-refractivity contribution in [2.24, 2.45) is 5.92 Å². The van der Waals surface area contributed by atoms with Crippen LogP contribution >= 0.6 is 0 Å². The predicted octanol–water partition coefficient (Wildman–Crippen LogP) is -0.344. The maximum Gasteiger partial charge on any atom is 0.146 e. The van der Waals surface area contributed by atoms with E-state index in [1.807, 2.05) is 0 Å². The van der Waals surface area contributed by atoms with Gasteiger partial charge in [-0.3, -0.25) is 20.0 Å². The second-order valence-corrected chi connectivity index (χ2v) is 8.99. The van der Waals surface area contributed by atoms with E-state index in [9.17, 15) is 0 Å². The molecule has 0 radical (unpaired) electrons. The number of rotatable bonds is 5. The molecule has 7 atom stereocenters. The van der Waals surface area contributed by atoms with Gasteiger partial charge in [0.1, 0.15) is 12.4 Å². The van der Waals surface area contributed by atoms with Crippen molar-refractivity contribution in [2.75, 3.05) is 33.7 Å². The fourth-order valence-corrected chi connectivity index (χ4v) is 5.24. The number of piperidine rings is 1. The first-order valence-corrected chi connectivity index (χ1v) is 10.7. The molecule has 0 aromatic heterocycles. The smallest absolute Gasteiger partial charge is 0.146 e. The van der Waals surface area contributed by atoms with Crippen LogP contribution in [0.3, 0.4) is 0 Å². The van der Waals surface area contributed by atoms with Gasteiger partial charge in [0.15, 0.2) is 0 Å². The van der Waals surface area contributed by atoms with Crippen LogP contribution in [0, 0.1) is 5.92 Å². The Morgan fingerprint density at radius 3 is 2.73 bits per heavy atom. The highest BCUT2D eigenvalue weighted by Gasteiger charge is 2.42. The second kappa shape index (κ2) is 8.39. The van der Waals surface area contributed by atoms with Crippen LogP contribution in [0.15, 0.2) is 0 Å². The Morgan fingerprint density at radius 2 is 2.04 bits per heavy atom. The standard InChI is InChI=1S/C19H37N5O2/c1-13-6-8-15(25-13)12-24-10-4-5-16(24)19-21-18(22-26-19)14-7-9-17(20-11-14)23(2)3/h13-22H,4-12H2,1-3H3/p+1/t13?,14?,15?,16-,17?,18?,19?/m0/s1. The normalized spacial score (nSPS) is 45.0. The fraction of sp³-hybridized carbons (Fsp3) is 1.00. The van der Waals surface area contributed by atoms with Crippen LogP contribution in [-0.4, -0.2) is 80.3 Å². The first-order chi connectivity index (χ1) is 12.6. The molecular formula is C19H38N5O2+. The van der Waals surface area contributed by atoms with Crippen LogP contribution in [0.2, 0.25) is 0 Å². The SMILES string of the molecule is CC1CCC(CN2CCC[C@H]2C2NC(C3CCC(N(C)C)[NH2+]C3)NO2)O1. The molecule has 7 nitrogen and oxygen atoms in total. The highest BCUT2D eigenvalue weighted by atomic mass is 16.7. The van der Waals surface area contributed by atoms with Gasteiger partial charge in [0.2, 0.25) is 0 Å². The quantitative estimate of drug-likeness (QED) is 0.617. The molecule has 26 heavy (non-hydrogen) atoms. The zero-order chi connectivity index (χ0) is 18.1. The zero-order valence-corrected chi connectivity index (χ0v) is 16.7. The van der Waals surface area contributed by atoms with Crippen molar-refractivity contribution >= 4 is 0 Å². The number of nitrogens with one attached hydrogen (secondary N) is 2. The molecule has 4 aliphatic rings. The number of quaternary nitrogens is 1. The number of ether oxygens (including phenoxy) is 1. The second-order valence-electron chi connectivity index (χ2n) is 8.99. The Kier molecular flexibility index (Phi) is 6.15. The molecular weight excluding hydrogens is 330 g/mol. The van der Waals surface area contributed by atoms with Crippen LogP contribution in [0.25, 0.3) is 0 Å². The van der Waals surface area contributed by atoms with E-state index < -0.39 is 0 Å². The van der Waals surface area contributed by atoms with Crippen LogP contribution in [0.1, 0.15) is 45.4 Å². The Balaban J connectivity index is 1.26. The highest BCUT2D eigenvalue weighted by molar-refractivity contribution is 4.91. The molecule has 0 saturated carbocycles. The molecule has 0 spiro atoms. The lowest BCUT2D eigenvalue weighted by atomic mass is 9.94. The average Bonchev–Trinajstić information content (AvgIpc) is 3.36. The van der Waals surface area contributed by atoms with Gasteiger partial charge in [0.25, 0.3) is 0 Å². The summed E-state index contributed by atoms with van der Waals surface area (Å²) in [5.41, 5.74) is 3.32. The summed E-state index contributed by atoms with van der Waals surface area (Å²) in [6, 6.07) is 0.467. The van der Waals surface area contributed by atoms with Crippen LogP contribution in [-0.2, 0) is 9.57 Å². The molecule has 4 fully saturated rings. The molecule has 0 aliphatic carbocycles. The van der Waals surface area contributed by atoms with E-state index >= 15 is 0 Å². The molecule has 0 aromatic carbocycles. The summed E-state index contributed by atoms with van der Waals surface area (Å²) in [5.74, 6) is 0.630. The van der Waals surface area contributed by atoms with Gasteiger partial charge in [-0.15, -0.1) is 0 Å². The molecule has 4 aliphatic heterocycles. The first kappa shape index (κ1) is 19.1. The molecule has 150 valence electrons. The van der Waals surface area contributed by atoms with E-state index in [0.717, 1.165) is 13.1 Å². The molecule has 0 amide bonds. The van der Waals surface area contributed by atoms with Crippen molar-refractivity contribution in [1.82, 2.24) is 20.6 Å². The number of hydrogen-bond donors (Lipinski definition) is 3. The van der Waals surface area contributed by atoms with E-state index in [1.54, 1.807) is 0 Å². The largest absolute Gasteiger partial charge is 0.374 e. The third-order valence-corrected chi connectivity index (χ3v) is 6.87. The maximum absolute atomic E-state index is 6.05. The molecule has 6 unspecified atom stereocenters. The zero-order valence-electron chi connectivity index (χ0n) is 16.7. The summed E-state index contributed by atoms with van der Waals surface area (Å²) >= 11 is 0. The van der Waals surface area contributed by atoms with Gasteiger partial charge in [-0.05, 0) is 59.7 Å². The number of hydroxylamine groups is 1. The van der Waals surface area contributed by atoms with Gasteiger partial charge in [0.05, 0.1) is 31.0 Å². The molecule has 4 rings (SSSR count). The van der Waals surface area contributed by atoms with Gasteiger partial charge in [0, 0.05) is 18.9 Å².